The SMILES string of the molecule is Clc1ccc2c(NCCN3CCN(Cc4ccc5c(c4)OCO5)CC3)ccnc2c1. The first-order valence-electron chi connectivity index (χ1n) is 10.4. The Morgan fingerprint density at radius 3 is 2.67 bits per heavy atom. The van der Waals surface area contributed by atoms with E-state index in [1.807, 2.05) is 36.5 Å². The molecule has 1 fully saturated rings. The van der Waals surface area contributed by atoms with Crippen molar-refractivity contribution < 1.29 is 9.47 Å². The lowest BCUT2D eigenvalue weighted by atomic mass is 10.1. The van der Waals surface area contributed by atoms with Gasteiger partial charge in [0, 0.05) is 68.1 Å². The maximum atomic E-state index is 6.08. The van der Waals surface area contributed by atoms with Crippen LogP contribution in [0.3, 0.4) is 0 Å². The number of pyridine rings is 1. The van der Waals surface area contributed by atoms with Crippen molar-refractivity contribution in [3.8, 4) is 11.5 Å². The number of halogens is 1. The Morgan fingerprint density at radius 2 is 1.77 bits per heavy atom. The molecule has 0 bridgehead atoms. The van der Waals surface area contributed by atoms with E-state index in [1.54, 1.807) is 0 Å². The van der Waals surface area contributed by atoms with Crippen LogP contribution in [0, 0.1) is 0 Å². The van der Waals surface area contributed by atoms with Gasteiger partial charge < -0.3 is 14.8 Å². The van der Waals surface area contributed by atoms with Crippen LogP contribution in [0.1, 0.15) is 5.56 Å². The lowest BCUT2D eigenvalue weighted by Gasteiger charge is -2.34. The molecule has 2 aromatic carbocycles. The van der Waals surface area contributed by atoms with E-state index in [2.05, 4.69) is 32.2 Å². The van der Waals surface area contributed by atoms with Crippen molar-refractivity contribution in [1.29, 1.82) is 0 Å². The van der Waals surface area contributed by atoms with Crippen LogP contribution < -0.4 is 14.8 Å². The van der Waals surface area contributed by atoms with Gasteiger partial charge in [-0.25, -0.2) is 0 Å². The number of fused-ring (bicyclic) bond motifs is 2. The van der Waals surface area contributed by atoms with Crippen LogP contribution >= 0.6 is 11.6 Å². The molecule has 0 radical (unpaired) electrons. The molecule has 156 valence electrons. The normalized spacial score (nSPS) is 16.8. The monoisotopic (exact) mass is 424 g/mol. The molecule has 3 aromatic rings. The second-order valence-electron chi connectivity index (χ2n) is 7.75. The molecular formula is C23H25ClN4O2. The Kier molecular flexibility index (Phi) is 5.62. The largest absolute Gasteiger partial charge is 0.454 e. The van der Waals surface area contributed by atoms with E-state index >= 15 is 0 Å². The number of hydrogen-bond donors (Lipinski definition) is 1. The predicted molar refractivity (Wildman–Crippen MR) is 120 cm³/mol. The highest BCUT2D eigenvalue weighted by Crippen LogP contribution is 2.32. The van der Waals surface area contributed by atoms with Crippen molar-refractivity contribution >= 4 is 28.2 Å². The van der Waals surface area contributed by atoms with Gasteiger partial charge in [-0.3, -0.25) is 14.8 Å². The van der Waals surface area contributed by atoms with Crippen molar-refractivity contribution in [2.75, 3.05) is 51.4 Å². The van der Waals surface area contributed by atoms with Gasteiger partial charge in [0.05, 0.1) is 5.52 Å². The lowest BCUT2D eigenvalue weighted by molar-refractivity contribution is 0.130. The summed E-state index contributed by atoms with van der Waals surface area (Å²) in [6, 6.07) is 14.1. The summed E-state index contributed by atoms with van der Waals surface area (Å²) in [7, 11) is 0. The molecule has 6 nitrogen and oxygen atoms in total. The highest BCUT2D eigenvalue weighted by Gasteiger charge is 2.18. The third kappa shape index (κ3) is 4.31. The molecule has 30 heavy (non-hydrogen) atoms. The molecule has 0 atom stereocenters. The van der Waals surface area contributed by atoms with Crippen LogP contribution in [0.5, 0.6) is 11.5 Å². The standard InChI is InChI=1S/C23H25ClN4O2/c24-18-2-3-19-20(5-6-25-21(19)14-18)26-7-8-27-9-11-28(12-10-27)15-17-1-4-22-23(13-17)30-16-29-22/h1-6,13-14H,7-12,15-16H2,(H,25,26). The average molecular weight is 425 g/mol. The second-order valence-corrected chi connectivity index (χ2v) is 8.19. The van der Waals surface area contributed by atoms with Gasteiger partial charge in [-0.15, -0.1) is 0 Å². The Labute approximate surface area is 181 Å². The first kappa shape index (κ1) is 19.4. The Bertz CT molecular complexity index is 1040. The minimum Gasteiger partial charge on any atom is -0.454 e. The third-order valence-corrected chi connectivity index (χ3v) is 5.99. The topological polar surface area (TPSA) is 49.9 Å². The summed E-state index contributed by atoms with van der Waals surface area (Å²) in [4.78, 5) is 9.43. The number of ether oxygens (including phenoxy) is 2. The molecule has 0 unspecified atom stereocenters. The molecule has 0 amide bonds. The van der Waals surface area contributed by atoms with E-state index < -0.39 is 0 Å². The van der Waals surface area contributed by atoms with Crippen LogP contribution in [-0.4, -0.2) is 60.8 Å². The minimum atomic E-state index is 0.328. The summed E-state index contributed by atoms with van der Waals surface area (Å²) in [5.74, 6) is 1.71. The molecule has 0 aliphatic carbocycles. The van der Waals surface area contributed by atoms with Crippen molar-refractivity contribution in [2.45, 2.75) is 6.54 Å². The van der Waals surface area contributed by atoms with Crippen LogP contribution in [0.2, 0.25) is 5.02 Å². The molecule has 1 aromatic heterocycles. The van der Waals surface area contributed by atoms with Crippen molar-refractivity contribution in [3.63, 3.8) is 0 Å². The molecule has 0 saturated carbocycles. The van der Waals surface area contributed by atoms with Crippen molar-refractivity contribution in [2.24, 2.45) is 0 Å². The number of benzene rings is 2. The van der Waals surface area contributed by atoms with Crippen LogP contribution in [0.25, 0.3) is 10.9 Å². The second kappa shape index (κ2) is 8.68. The summed E-state index contributed by atoms with van der Waals surface area (Å²) in [5, 5.41) is 5.39. The number of piperazine rings is 1. The molecule has 0 spiro atoms. The highest BCUT2D eigenvalue weighted by atomic mass is 35.5. The molecule has 7 heteroatoms. The Balaban J connectivity index is 1.09. The van der Waals surface area contributed by atoms with Gasteiger partial charge in [-0.1, -0.05) is 17.7 Å². The van der Waals surface area contributed by atoms with Gasteiger partial charge >= 0.3 is 0 Å². The van der Waals surface area contributed by atoms with Gasteiger partial charge in [0.15, 0.2) is 11.5 Å². The molecule has 3 heterocycles. The first-order chi connectivity index (χ1) is 14.7. The molecule has 1 N–H and O–H groups in total. The van der Waals surface area contributed by atoms with E-state index in [4.69, 9.17) is 21.1 Å². The first-order valence-corrected chi connectivity index (χ1v) is 10.7. The van der Waals surface area contributed by atoms with E-state index in [0.29, 0.717) is 11.8 Å². The third-order valence-electron chi connectivity index (χ3n) is 5.76. The van der Waals surface area contributed by atoms with Crippen molar-refractivity contribution in [1.82, 2.24) is 14.8 Å². The summed E-state index contributed by atoms with van der Waals surface area (Å²) < 4.78 is 10.9. The number of hydrogen-bond acceptors (Lipinski definition) is 6. The van der Waals surface area contributed by atoms with Gasteiger partial charge in [-0.05, 0) is 42.0 Å². The molecule has 2 aliphatic heterocycles. The smallest absolute Gasteiger partial charge is 0.231 e. The summed E-state index contributed by atoms with van der Waals surface area (Å²) in [6.07, 6.45) is 1.83. The fourth-order valence-corrected chi connectivity index (χ4v) is 4.26. The van der Waals surface area contributed by atoms with E-state index in [-0.39, 0.29) is 0 Å². The predicted octanol–water partition coefficient (Wildman–Crippen LogP) is 3.85. The van der Waals surface area contributed by atoms with E-state index in [0.717, 1.165) is 73.9 Å². The van der Waals surface area contributed by atoms with E-state index in [1.165, 1.54) is 5.56 Å². The number of nitrogens with one attached hydrogen (secondary N) is 1. The Hall–Kier alpha value is -2.54. The Morgan fingerprint density at radius 1 is 0.933 bits per heavy atom. The van der Waals surface area contributed by atoms with Gasteiger partial charge in [-0.2, -0.15) is 0 Å². The highest BCUT2D eigenvalue weighted by molar-refractivity contribution is 6.31. The van der Waals surface area contributed by atoms with Gasteiger partial charge in [0.25, 0.3) is 0 Å². The quantitative estimate of drug-likeness (QED) is 0.648. The average Bonchev–Trinajstić information content (AvgIpc) is 3.23. The maximum absolute atomic E-state index is 6.08. The fraction of sp³-hybridized carbons (Fsp3) is 0.348. The zero-order chi connectivity index (χ0) is 20.3. The van der Waals surface area contributed by atoms with E-state index in [9.17, 15) is 0 Å². The minimum absolute atomic E-state index is 0.328. The van der Waals surface area contributed by atoms with Crippen LogP contribution in [0.4, 0.5) is 5.69 Å². The molecular weight excluding hydrogens is 400 g/mol. The number of anilines is 1. The fourth-order valence-electron chi connectivity index (χ4n) is 4.09. The zero-order valence-electron chi connectivity index (χ0n) is 16.8. The van der Waals surface area contributed by atoms with Gasteiger partial charge in [0.2, 0.25) is 6.79 Å². The molecule has 1 saturated heterocycles. The van der Waals surface area contributed by atoms with Crippen molar-refractivity contribution in [3.05, 3.63) is 59.2 Å². The zero-order valence-corrected chi connectivity index (χ0v) is 17.6. The van der Waals surface area contributed by atoms with Gasteiger partial charge in [0.1, 0.15) is 0 Å². The number of nitrogens with zero attached hydrogens (tertiary/aromatic N) is 3. The van der Waals surface area contributed by atoms with Crippen LogP contribution in [-0.2, 0) is 6.54 Å². The molecule has 5 rings (SSSR count). The van der Waals surface area contributed by atoms with Crippen LogP contribution in [0.15, 0.2) is 48.7 Å². The number of rotatable bonds is 6. The molecule has 2 aliphatic rings. The summed E-state index contributed by atoms with van der Waals surface area (Å²) in [6.45, 7) is 7.52. The summed E-state index contributed by atoms with van der Waals surface area (Å²) >= 11 is 6.08. The lowest BCUT2D eigenvalue weighted by Crippen LogP contribution is -2.47. The maximum Gasteiger partial charge on any atom is 0.231 e. The number of aromatic nitrogens is 1. The summed E-state index contributed by atoms with van der Waals surface area (Å²) in [5.41, 5.74) is 3.31.